The highest BCUT2D eigenvalue weighted by molar-refractivity contribution is 5.95. The molecule has 0 aliphatic heterocycles. The van der Waals surface area contributed by atoms with Gasteiger partial charge in [0.1, 0.15) is 0 Å². The van der Waals surface area contributed by atoms with E-state index in [1.807, 2.05) is 6.92 Å². The molecule has 0 aliphatic rings. The summed E-state index contributed by atoms with van der Waals surface area (Å²) in [6.07, 6.45) is 3.15. The highest BCUT2D eigenvalue weighted by atomic mass is 16.5. The summed E-state index contributed by atoms with van der Waals surface area (Å²) in [5.41, 5.74) is 0.471. The molecule has 0 rings (SSSR count). The third kappa shape index (κ3) is 5.34. The molecule has 0 amide bonds. The van der Waals surface area contributed by atoms with Crippen LogP contribution in [0.2, 0.25) is 0 Å². The minimum atomic E-state index is -0.555. The Morgan fingerprint density at radius 1 is 1.31 bits per heavy atom. The molecule has 0 fully saturated rings. The van der Waals surface area contributed by atoms with Gasteiger partial charge in [-0.25, -0.2) is 9.59 Å². The first-order valence-electron chi connectivity index (χ1n) is 5.15. The number of unbranched alkanes of at least 4 members (excludes halogenated alkanes) is 1. The number of hydrogen-bond donors (Lipinski definition) is 0. The van der Waals surface area contributed by atoms with Crippen LogP contribution in [-0.4, -0.2) is 25.7 Å². The molecule has 4 heteroatoms. The Morgan fingerprint density at radius 3 is 2.44 bits per heavy atom. The predicted molar refractivity (Wildman–Crippen MR) is 60.8 cm³/mol. The molecule has 0 aromatic heterocycles. The molecule has 0 N–H and O–H groups in total. The molecule has 90 valence electrons. The summed E-state index contributed by atoms with van der Waals surface area (Å²) >= 11 is 0. The summed E-state index contributed by atoms with van der Waals surface area (Å²) in [6.45, 7) is 7.46. The van der Waals surface area contributed by atoms with E-state index in [1.165, 1.54) is 13.2 Å². The van der Waals surface area contributed by atoms with Gasteiger partial charge in [0.15, 0.2) is 0 Å². The molecule has 4 nitrogen and oxygen atoms in total. The lowest BCUT2D eigenvalue weighted by atomic mass is 10.2. The van der Waals surface area contributed by atoms with Gasteiger partial charge in [0, 0.05) is 5.57 Å². The van der Waals surface area contributed by atoms with E-state index in [0.717, 1.165) is 12.8 Å². The van der Waals surface area contributed by atoms with Crippen molar-refractivity contribution in [2.45, 2.75) is 26.7 Å². The van der Waals surface area contributed by atoms with Crippen molar-refractivity contribution in [3.63, 3.8) is 0 Å². The number of rotatable bonds is 6. The van der Waals surface area contributed by atoms with Crippen LogP contribution >= 0.6 is 0 Å². The number of esters is 2. The summed E-state index contributed by atoms with van der Waals surface area (Å²) in [6, 6.07) is 0. The number of ether oxygens (including phenoxy) is 2. The topological polar surface area (TPSA) is 52.6 Å². The predicted octanol–water partition coefficient (Wildman–Crippen LogP) is 2.01. The number of carbonyl (C=O) groups excluding carboxylic acids is 2. The van der Waals surface area contributed by atoms with Crippen LogP contribution in [0.3, 0.4) is 0 Å². The molecule has 0 saturated heterocycles. The summed E-state index contributed by atoms with van der Waals surface area (Å²) in [4.78, 5) is 22.4. The second-order valence-electron chi connectivity index (χ2n) is 3.33. The van der Waals surface area contributed by atoms with Gasteiger partial charge in [0.2, 0.25) is 0 Å². The van der Waals surface area contributed by atoms with E-state index >= 15 is 0 Å². The second kappa shape index (κ2) is 7.68. The first-order chi connectivity index (χ1) is 7.52. The third-order valence-corrected chi connectivity index (χ3v) is 1.89. The molecular formula is C12H18O4. The van der Waals surface area contributed by atoms with Crippen LogP contribution in [0.25, 0.3) is 0 Å². The molecule has 0 atom stereocenters. The van der Waals surface area contributed by atoms with Gasteiger partial charge in [0.05, 0.1) is 19.3 Å². The van der Waals surface area contributed by atoms with Crippen molar-refractivity contribution in [1.82, 2.24) is 0 Å². The molecule has 0 radical (unpaired) electrons. The fourth-order valence-electron chi connectivity index (χ4n) is 0.933. The van der Waals surface area contributed by atoms with Gasteiger partial charge in [-0.15, -0.1) is 0 Å². The largest absolute Gasteiger partial charge is 0.465 e. The fraction of sp³-hybridized carbons (Fsp3) is 0.500. The minimum Gasteiger partial charge on any atom is -0.465 e. The Labute approximate surface area is 95.9 Å². The maximum atomic E-state index is 11.4. The van der Waals surface area contributed by atoms with Gasteiger partial charge < -0.3 is 9.47 Å². The van der Waals surface area contributed by atoms with Crippen LogP contribution in [-0.2, 0) is 19.1 Å². The van der Waals surface area contributed by atoms with Gasteiger partial charge >= 0.3 is 11.9 Å². The Hall–Kier alpha value is -1.58. The van der Waals surface area contributed by atoms with E-state index in [2.05, 4.69) is 11.3 Å². The summed E-state index contributed by atoms with van der Waals surface area (Å²) < 4.78 is 9.41. The third-order valence-electron chi connectivity index (χ3n) is 1.89. The van der Waals surface area contributed by atoms with Gasteiger partial charge in [-0.1, -0.05) is 19.9 Å². The van der Waals surface area contributed by atoms with E-state index < -0.39 is 11.9 Å². The van der Waals surface area contributed by atoms with Gasteiger partial charge in [0.25, 0.3) is 0 Å². The molecule has 0 bridgehead atoms. The summed E-state index contributed by atoms with van der Waals surface area (Å²) in [5, 5.41) is 0. The first-order valence-corrected chi connectivity index (χ1v) is 5.15. The van der Waals surface area contributed by atoms with Crippen molar-refractivity contribution in [3.05, 3.63) is 23.8 Å². The van der Waals surface area contributed by atoms with E-state index in [0.29, 0.717) is 12.2 Å². The maximum absolute atomic E-state index is 11.4. The van der Waals surface area contributed by atoms with Crippen molar-refractivity contribution < 1.29 is 19.1 Å². The zero-order valence-electron chi connectivity index (χ0n) is 10.0. The Kier molecular flexibility index (Phi) is 6.92. The van der Waals surface area contributed by atoms with E-state index in [4.69, 9.17) is 4.74 Å². The monoisotopic (exact) mass is 226 g/mol. The van der Waals surface area contributed by atoms with Crippen molar-refractivity contribution in [2.75, 3.05) is 13.7 Å². The smallest absolute Gasteiger partial charge is 0.337 e. The molecule has 0 aromatic rings. The standard InChI is InChI=1S/C12H18O4/c1-5-6-7-16-12(14)10(3)8-9(2)11(13)15-4/h8H,2,5-7H2,1,3-4H3. The van der Waals surface area contributed by atoms with Gasteiger partial charge in [-0.05, 0) is 19.4 Å². The lowest BCUT2D eigenvalue weighted by Crippen LogP contribution is -2.09. The Balaban J connectivity index is 4.26. The molecule has 0 spiro atoms. The van der Waals surface area contributed by atoms with Crippen molar-refractivity contribution in [1.29, 1.82) is 0 Å². The zero-order valence-corrected chi connectivity index (χ0v) is 10.0. The van der Waals surface area contributed by atoms with Crippen LogP contribution in [0, 0.1) is 0 Å². The Bertz CT molecular complexity index is 302. The minimum absolute atomic E-state index is 0.132. The van der Waals surface area contributed by atoms with E-state index in [1.54, 1.807) is 6.92 Å². The lowest BCUT2D eigenvalue weighted by molar-refractivity contribution is -0.139. The van der Waals surface area contributed by atoms with E-state index in [-0.39, 0.29) is 5.57 Å². The number of carbonyl (C=O) groups is 2. The normalized spacial score (nSPS) is 10.8. The van der Waals surface area contributed by atoms with Gasteiger partial charge in [-0.3, -0.25) is 0 Å². The maximum Gasteiger partial charge on any atom is 0.337 e. The highest BCUT2D eigenvalue weighted by Gasteiger charge is 2.09. The fourth-order valence-corrected chi connectivity index (χ4v) is 0.933. The molecule has 0 aromatic carbocycles. The lowest BCUT2D eigenvalue weighted by Gasteiger charge is -2.04. The van der Waals surface area contributed by atoms with E-state index in [9.17, 15) is 9.59 Å². The molecule has 0 heterocycles. The molecule has 0 saturated carbocycles. The SMILES string of the molecule is C=C(C=C(C)C(=O)OCCCC)C(=O)OC. The average molecular weight is 226 g/mol. The van der Waals surface area contributed by atoms with Crippen LogP contribution in [0.4, 0.5) is 0 Å². The van der Waals surface area contributed by atoms with Crippen molar-refractivity contribution >= 4 is 11.9 Å². The van der Waals surface area contributed by atoms with Gasteiger partial charge in [-0.2, -0.15) is 0 Å². The van der Waals surface area contributed by atoms with Crippen LogP contribution in [0.15, 0.2) is 23.8 Å². The first kappa shape index (κ1) is 14.4. The zero-order chi connectivity index (χ0) is 12.6. The number of hydrogen-bond acceptors (Lipinski definition) is 4. The molecule has 0 aliphatic carbocycles. The molecule has 0 unspecified atom stereocenters. The molecule has 16 heavy (non-hydrogen) atoms. The van der Waals surface area contributed by atoms with Crippen LogP contribution in [0.1, 0.15) is 26.7 Å². The Morgan fingerprint density at radius 2 is 1.94 bits per heavy atom. The van der Waals surface area contributed by atoms with Crippen molar-refractivity contribution in [3.8, 4) is 0 Å². The molecular weight excluding hydrogens is 208 g/mol. The number of methoxy groups -OCH3 is 1. The highest BCUT2D eigenvalue weighted by Crippen LogP contribution is 2.04. The average Bonchev–Trinajstić information content (AvgIpc) is 2.27. The quantitative estimate of drug-likeness (QED) is 0.301. The second-order valence-corrected chi connectivity index (χ2v) is 3.33. The van der Waals surface area contributed by atoms with Crippen LogP contribution in [0.5, 0.6) is 0 Å². The summed E-state index contributed by atoms with van der Waals surface area (Å²) in [7, 11) is 1.26. The van der Waals surface area contributed by atoms with Crippen molar-refractivity contribution in [2.24, 2.45) is 0 Å². The summed E-state index contributed by atoms with van der Waals surface area (Å²) in [5.74, 6) is -0.987. The van der Waals surface area contributed by atoms with Crippen LogP contribution < -0.4 is 0 Å².